The Morgan fingerprint density at radius 1 is 1.12 bits per heavy atom. The van der Waals surface area contributed by atoms with Crippen LogP contribution in [0.25, 0.3) is 0 Å². The smallest absolute Gasteiger partial charge is 0.333 e. The number of cyclic esters (lactones) is 1. The molecule has 8 nitrogen and oxygen atoms in total. The normalized spacial score (nSPS) is 50.3. The van der Waals surface area contributed by atoms with Crippen molar-refractivity contribution in [3.8, 4) is 0 Å². The van der Waals surface area contributed by atoms with Gasteiger partial charge in [-0.3, -0.25) is 9.59 Å². The molecular formula is C33H46O8. The van der Waals surface area contributed by atoms with Crippen LogP contribution in [-0.2, 0) is 33.3 Å². The first kappa shape index (κ1) is 28.9. The van der Waals surface area contributed by atoms with Gasteiger partial charge in [-0.1, -0.05) is 45.4 Å². The summed E-state index contributed by atoms with van der Waals surface area (Å²) in [7, 11) is 0. The van der Waals surface area contributed by atoms with Crippen molar-refractivity contribution in [1.82, 2.24) is 0 Å². The summed E-state index contributed by atoms with van der Waals surface area (Å²) >= 11 is 0. The minimum Gasteiger partial charge on any atom is -0.465 e. The fourth-order valence-corrected chi connectivity index (χ4v) is 10.9. The van der Waals surface area contributed by atoms with Crippen LogP contribution in [0.2, 0.25) is 0 Å². The van der Waals surface area contributed by atoms with Gasteiger partial charge >= 0.3 is 17.9 Å². The van der Waals surface area contributed by atoms with Gasteiger partial charge in [-0.25, -0.2) is 4.79 Å². The number of esters is 3. The second-order valence-electron chi connectivity index (χ2n) is 14.7. The van der Waals surface area contributed by atoms with E-state index < -0.39 is 40.7 Å². The zero-order valence-corrected chi connectivity index (χ0v) is 25.5. The third kappa shape index (κ3) is 3.74. The van der Waals surface area contributed by atoms with Crippen LogP contribution in [0.15, 0.2) is 23.3 Å². The standard InChI is InChI=1S/C33H46O8/c1-8-17(2)29(37)41-24-14-23(40-18(3)34)31(5)16-39-26-27(31)33(24,7)22-11-12-30(4)20(19-13-25(35)38-15-19)9-10-21(30)32(22,6)28(26)36/h8,10,19-20,22-24,26-28,36H,9,11-16H2,1-7H3/b17-8+/t19-,20+,22+,23-,24+,26-,27+,28-,30+,31-,32+,33+/m1/s1. The molecule has 0 unspecified atom stereocenters. The summed E-state index contributed by atoms with van der Waals surface area (Å²) in [6.45, 7) is 14.7. The fourth-order valence-electron chi connectivity index (χ4n) is 10.9. The lowest BCUT2D eigenvalue weighted by Crippen LogP contribution is -2.73. The largest absolute Gasteiger partial charge is 0.465 e. The van der Waals surface area contributed by atoms with Crippen molar-refractivity contribution in [1.29, 1.82) is 0 Å². The quantitative estimate of drug-likeness (QED) is 0.227. The molecule has 2 saturated heterocycles. The lowest BCUT2D eigenvalue weighted by atomic mass is 9.36. The van der Waals surface area contributed by atoms with Gasteiger partial charge in [0.05, 0.1) is 31.8 Å². The topological polar surface area (TPSA) is 108 Å². The summed E-state index contributed by atoms with van der Waals surface area (Å²) in [5.74, 6) is -0.568. The third-order valence-electron chi connectivity index (χ3n) is 12.9. The first-order valence-corrected chi connectivity index (χ1v) is 15.4. The van der Waals surface area contributed by atoms with Crippen molar-refractivity contribution >= 4 is 17.9 Å². The van der Waals surface area contributed by atoms with E-state index in [0.29, 0.717) is 31.6 Å². The van der Waals surface area contributed by atoms with Gasteiger partial charge in [-0.2, -0.15) is 0 Å². The minimum absolute atomic E-state index is 0.00815. The molecule has 0 radical (unpaired) electrons. The highest BCUT2D eigenvalue weighted by Gasteiger charge is 2.77. The van der Waals surface area contributed by atoms with E-state index in [-0.39, 0.29) is 47.0 Å². The van der Waals surface area contributed by atoms with Crippen LogP contribution in [-0.4, -0.2) is 60.6 Å². The van der Waals surface area contributed by atoms with E-state index in [1.54, 1.807) is 13.0 Å². The van der Waals surface area contributed by atoms with E-state index >= 15 is 0 Å². The van der Waals surface area contributed by atoms with E-state index in [4.69, 9.17) is 18.9 Å². The average Bonchev–Trinajstić information content (AvgIpc) is 3.60. The van der Waals surface area contributed by atoms with Gasteiger partial charge in [-0.05, 0) is 50.4 Å². The second kappa shape index (κ2) is 9.40. The molecule has 8 heteroatoms. The first-order chi connectivity index (χ1) is 19.2. The maximum atomic E-state index is 13.3. The maximum Gasteiger partial charge on any atom is 0.333 e. The first-order valence-electron chi connectivity index (χ1n) is 15.4. The molecule has 0 spiro atoms. The van der Waals surface area contributed by atoms with E-state index in [2.05, 4.69) is 33.8 Å². The van der Waals surface area contributed by atoms with Crippen LogP contribution in [0.3, 0.4) is 0 Å². The number of allylic oxidation sites excluding steroid dienone is 2. The molecule has 6 aliphatic rings. The van der Waals surface area contributed by atoms with Crippen LogP contribution in [0.1, 0.15) is 80.6 Å². The highest BCUT2D eigenvalue weighted by molar-refractivity contribution is 5.87. The molecule has 0 aromatic carbocycles. The molecule has 4 aliphatic carbocycles. The van der Waals surface area contributed by atoms with Gasteiger partial charge in [0.25, 0.3) is 0 Å². The number of aliphatic hydroxyl groups excluding tert-OH is 1. The summed E-state index contributed by atoms with van der Waals surface area (Å²) in [6, 6.07) is 0. The molecule has 2 heterocycles. The molecular weight excluding hydrogens is 524 g/mol. The summed E-state index contributed by atoms with van der Waals surface area (Å²) < 4.78 is 24.2. The van der Waals surface area contributed by atoms with Crippen LogP contribution in [0.4, 0.5) is 0 Å². The number of carbonyl (C=O) groups is 3. The molecule has 41 heavy (non-hydrogen) atoms. The maximum absolute atomic E-state index is 13.3. The van der Waals surface area contributed by atoms with Gasteiger partial charge in [0.2, 0.25) is 0 Å². The Kier molecular flexibility index (Phi) is 6.63. The minimum atomic E-state index is -0.775. The van der Waals surface area contributed by atoms with Crippen molar-refractivity contribution in [2.24, 2.45) is 45.3 Å². The summed E-state index contributed by atoms with van der Waals surface area (Å²) in [4.78, 5) is 37.6. The highest BCUT2D eigenvalue weighted by atomic mass is 16.6. The Labute approximate surface area is 243 Å². The van der Waals surface area contributed by atoms with Crippen molar-refractivity contribution in [2.45, 2.75) is 105 Å². The summed E-state index contributed by atoms with van der Waals surface area (Å²) in [6.07, 6.45) is 5.29. The number of ether oxygens (including phenoxy) is 4. The van der Waals surface area contributed by atoms with Crippen LogP contribution >= 0.6 is 0 Å². The molecule has 0 aromatic heterocycles. The molecule has 0 amide bonds. The van der Waals surface area contributed by atoms with Crippen LogP contribution < -0.4 is 0 Å². The summed E-state index contributed by atoms with van der Waals surface area (Å²) in [5.41, 5.74) is -0.0429. The van der Waals surface area contributed by atoms with E-state index in [1.165, 1.54) is 12.5 Å². The van der Waals surface area contributed by atoms with Gasteiger partial charge in [0.1, 0.15) is 12.2 Å². The highest BCUT2D eigenvalue weighted by Crippen LogP contribution is 2.75. The van der Waals surface area contributed by atoms with Crippen LogP contribution in [0, 0.1) is 45.3 Å². The Balaban J connectivity index is 1.45. The van der Waals surface area contributed by atoms with Crippen molar-refractivity contribution < 1.29 is 38.4 Å². The Hall–Kier alpha value is -2.19. The predicted molar refractivity (Wildman–Crippen MR) is 149 cm³/mol. The molecule has 3 saturated carbocycles. The molecule has 2 aliphatic heterocycles. The number of carbonyl (C=O) groups excluding carboxylic acids is 3. The molecule has 0 bridgehead atoms. The fraction of sp³-hybridized carbons (Fsp3) is 0.788. The zero-order chi connectivity index (χ0) is 29.7. The number of rotatable bonds is 4. The number of fused-ring (bicyclic) bond motifs is 4. The molecule has 12 atom stereocenters. The monoisotopic (exact) mass is 570 g/mol. The average molecular weight is 571 g/mol. The molecule has 1 N–H and O–H groups in total. The molecule has 0 aromatic rings. The molecule has 226 valence electrons. The zero-order valence-electron chi connectivity index (χ0n) is 25.5. The molecule has 5 fully saturated rings. The number of hydrogen-bond donors (Lipinski definition) is 1. The Morgan fingerprint density at radius 3 is 2.49 bits per heavy atom. The molecule has 6 rings (SSSR count). The van der Waals surface area contributed by atoms with Gasteiger partial charge < -0.3 is 24.1 Å². The lowest BCUT2D eigenvalue weighted by Gasteiger charge is -2.69. The summed E-state index contributed by atoms with van der Waals surface area (Å²) in [5, 5.41) is 12.4. The van der Waals surface area contributed by atoms with Gasteiger partial charge in [-0.15, -0.1) is 0 Å². The van der Waals surface area contributed by atoms with E-state index in [0.717, 1.165) is 19.3 Å². The van der Waals surface area contributed by atoms with E-state index in [9.17, 15) is 19.5 Å². The van der Waals surface area contributed by atoms with E-state index in [1.807, 2.05) is 6.92 Å². The van der Waals surface area contributed by atoms with Crippen LogP contribution in [0.5, 0.6) is 0 Å². The number of hydrogen-bond acceptors (Lipinski definition) is 8. The van der Waals surface area contributed by atoms with Gasteiger partial charge in [0.15, 0.2) is 0 Å². The van der Waals surface area contributed by atoms with Crippen molar-refractivity contribution in [3.63, 3.8) is 0 Å². The Morgan fingerprint density at radius 2 is 1.85 bits per heavy atom. The number of aliphatic hydroxyl groups is 1. The Bertz CT molecular complexity index is 1220. The third-order valence-corrected chi connectivity index (χ3v) is 12.9. The second-order valence-corrected chi connectivity index (χ2v) is 14.7. The van der Waals surface area contributed by atoms with Crippen molar-refractivity contribution in [2.75, 3.05) is 13.2 Å². The lowest BCUT2D eigenvalue weighted by molar-refractivity contribution is -0.263. The van der Waals surface area contributed by atoms with Gasteiger partial charge in [0, 0.05) is 47.0 Å². The predicted octanol–water partition coefficient (Wildman–Crippen LogP) is 4.53. The SMILES string of the molecule is C/C=C(\C)C(=O)O[C@H]1C[C@@H](OC(C)=O)[C@@]2(C)CO[C@H]3[C@@H](O)[C@@]4(C)C5=CC[C@@H]([C@H]6COC(=O)C6)[C@]5(C)CC[C@@H]4[C@]1(C)[C@@H]32. The van der Waals surface area contributed by atoms with Crippen molar-refractivity contribution in [3.05, 3.63) is 23.3 Å².